The number of carbonyl (C=O) groups is 1. The predicted octanol–water partition coefficient (Wildman–Crippen LogP) is 2.81. The van der Waals surface area contributed by atoms with Crippen molar-refractivity contribution in [2.75, 3.05) is 0 Å². The smallest absolute Gasteiger partial charge is 0.409 e. The first-order valence-corrected chi connectivity index (χ1v) is 10.9. The third-order valence-electron chi connectivity index (χ3n) is 5.55. The van der Waals surface area contributed by atoms with Crippen molar-refractivity contribution >= 4 is 17.1 Å². The van der Waals surface area contributed by atoms with E-state index >= 15 is 0 Å². The number of nitrogens with zero attached hydrogens (tertiary/aromatic N) is 1. The molecule has 0 fully saturated rings. The van der Waals surface area contributed by atoms with Crippen molar-refractivity contribution in [2.24, 2.45) is 7.05 Å². The molecule has 4 aromatic rings. The monoisotopic (exact) mass is 563 g/mol. The van der Waals surface area contributed by atoms with E-state index in [-0.39, 0.29) is 29.7 Å². The fraction of sp³-hybridized carbons (Fsp3) is 0.103. The Labute approximate surface area is 217 Å². The van der Waals surface area contributed by atoms with E-state index in [1.54, 1.807) is 22.8 Å². The van der Waals surface area contributed by atoms with Crippen LogP contribution < -0.4 is 33.3 Å². The summed E-state index contributed by atoms with van der Waals surface area (Å²) >= 11 is 0. The Balaban J connectivity index is 0.00000324. The average molecular weight is 563 g/mol. The van der Waals surface area contributed by atoms with Crippen molar-refractivity contribution in [2.45, 2.75) is 13.3 Å². The highest BCUT2D eigenvalue weighted by molar-refractivity contribution is 5.98. The van der Waals surface area contributed by atoms with Crippen molar-refractivity contribution in [3.05, 3.63) is 126 Å². The normalized spacial score (nSPS) is 11.2. The molecule has 0 unspecified atom stereocenters. The minimum atomic E-state index is -0.404. The lowest BCUT2D eigenvalue weighted by Crippen LogP contribution is -3.00. The highest BCUT2D eigenvalue weighted by Crippen LogP contribution is 2.35. The van der Waals surface area contributed by atoms with Gasteiger partial charge in [-0.3, -0.25) is 0 Å². The van der Waals surface area contributed by atoms with Crippen LogP contribution in [0.4, 0.5) is 0 Å². The highest BCUT2D eigenvalue weighted by Gasteiger charge is 2.19. The summed E-state index contributed by atoms with van der Waals surface area (Å²) in [5.41, 5.74) is 5.91. The molecule has 0 saturated carbocycles. The van der Waals surface area contributed by atoms with E-state index in [2.05, 4.69) is 19.1 Å². The van der Waals surface area contributed by atoms with Crippen LogP contribution in [0.5, 0.6) is 11.5 Å². The van der Waals surface area contributed by atoms with Gasteiger partial charge in [-0.05, 0) is 64.6 Å². The Morgan fingerprint density at radius 3 is 1.97 bits per heavy atom. The van der Waals surface area contributed by atoms with Gasteiger partial charge >= 0.3 is 5.97 Å². The molecule has 0 bridgehead atoms. The summed E-state index contributed by atoms with van der Waals surface area (Å²) in [7, 11) is 1.81. The Bertz CT molecular complexity index is 1280. The second kappa shape index (κ2) is 11.6. The van der Waals surface area contributed by atoms with Gasteiger partial charge in [-0.15, -0.1) is 0 Å². The predicted molar refractivity (Wildman–Crippen MR) is 130 cm³/mol. The number of allylic oxidation sites excluding steroid dienone is 1. The largest absolute Gasteiger partial charge is 1.00 e. The Kier molecular flexibility index (Phi) is 8.60. The molecule has 0 amide bonds. The number of benzene rings is 3. The van der Waals surface area contributed by atoms with Gasteiger partial charge in [-0.2, -0.15) is 4.57 Å². The number of aromatic nitrogens is 1. The summed E-state index contributed by atoms with van der Waals surface area (Å²) in [6, 6.07) is 30.5. The zero-order valence-corrected chi connectivity index (χ0v) is 21.3. The lowest BCUT2D eigenvalue weighted by Gasteiger charge is -2.17. The third-order valence-corrected chi connectivity index (χ3v) is 5.55. The molecule has 172 valence electrons. The van der Waals surface area contributed by atoms with Gasteiger partial charge in [0.2, 0.25) is 0 Å². The molecular weight excluding hydrogens is 537 g/mol. The lowest BCUT2D eigenvalue weighted by molar-refractivity contribution is -0.673. The van der Waals surface area contributed by atoms with Gasteiger partial charge in [0.15, 0.2) is 6.20 Å². The second-order valence-electron chi connectivity index (χ2n) is 7.73. The van der Waals surface area contributed by atoms with Crippen molar-refractivity contribution < 1.29 is 43.2 Å². The molecule has 4 rings (SSSR count). The lowest BCUT2D eigenvalue weighted by atomic mass is 9.88. The van der Waals surface area contributed by atoms with Gasteiger partial charge in [0.05, 0.1) is 0 Å². The maximum absolute atomic E-state index is 12.6. The fourth-order valence-electron chi connectivity index (χ4n) is 3.89. The Hall–Kier alpha value is -3.45. The zero-order valence-electron chi connectivity index (χ0n) is 19.1. The molecular formula is C29H26INO3. The van der Waals surface area contributed by atoms with Gasteiger partial charge < -0.3 is 33.8 Å². The SMILES string of the molecule is CC/C(=C(/c1ccc(O)cc1)c1ccc(OC(=O)c2cccc[n+]2C)cc1)c1ccccc1.[I-]. The average Bonchev–Trinajstić information content (AvgIpc) is 2.85. The van der Waals surface area contributed by atoms with Crippen LogP contribution in [-0.2, 0) is 7.05 Å². The van der Waals surface area contributed by atoms with Crippen LogP contribution in [0.2, 0.25) is 0 Å². The molecule has 0 saturated heterocycles. The Morgan fingerprint density at radius 1 is 0.794 bits per heavy atom. The zero-order chi connectivity index (χ0) is 23.2. The van der Waals surface area contributed by atoms with Crippen LogP contribution in [0.25, 0.3) is 11.1 Å². The van der Waals surface area contributed by atoms with Crippen molar-refractivity contribution in [1.29, 1.82) is 0 Å². The molecule has 0 radical (unpaired) electrons. The Morgan fingerprint density at radius 2 is 1.38 bits per heavy atom. The first-order chi connectivity index (χ1) is 16.1. The van der Waals surface area contributed by atoms with Crippen LogP contribution in [0.3, 0.4) is 0 Å². The maximum Gasteiger partial charge on any atom is 0.409 e. The molecule has 5 heteroatoms. The minimum absolute atomic E-state index is 0. The van der Waals surface area contributed by atoms with Crippen molar-refractivity contribution in [1.82, 2.24) is 0 Å². The fourth-order valence-corrected chi connectivity index (χ4v) is 3.89. The number of rotatable bonds is 6. The number of ether oxygens (including phenoxy) is 1. The molecule has 0 aliphatic carbocycles. The number of aromatic hydroxyl groups is 1. The van der Waals surface area contributed by atoms with Crippen LogP contribution >= 0.6 is 0 Å². The summed E-state index contributed by atoms with van der Waals surface area (Å²) < 4.78 is 7.33. The topological polar surface area (TPSA) is 50.4 Å². The van der Waals surface area contributed by atoms with E-state index in [0.29, 0.717) is 11.4 Å². The van der Waals surface area contributed by atoms with Crippen LogP contribution in [0, 0.1) is 0 Å². The molecule has 3 aromatic carbocycles. The molecule has 0 spiro atoms. The first-order valence-electron chi connectivity index (χ1n) is 10.9. The second-order valence-corrected chi connectivity index (χ2v) is 7.73. The van der Waals surface area contributed by atoms with E-state index < -0.39 is 5.97 Å². The summed E-state index contributed by atoms with van der Waals surface area (Å²) in [4.78, 5) is 12.6. The summed E-state index contributed by atoms with van der Waals surface area (Å²) in [5, 5.41) is 9.79. The third kappa shape index (κ3) is 5.72. The maximum atomic E-state index is 12.6. The highest BCUT2D eigenvalue weighted by atomic mass is 127. The number of pyridine rings is 1. The summed E-state index contributed by atoms with van der Waals surface area (Å²) in [6.45, 7) is 2.14. The van der Waals surface area contributed by atoms with Gasteiger partial charge in [-0.1, -0.05) is 61.5 Å². The summed E-state index contributed by atoms with van der Waals surface area (Å²) in [6.07, 6.45) is 2.64. The number of hydrogen-bond donors (Lipinski definition) is 1. The van der Waals surface area contributed by atoms with Gasteiger partial charge in [-0.25, -0.2) is 4.79 Å². The number of hydrogen-bond acceptors (Lipinski definition) is 3. The molecule has 4 nitrogen and oxygen atoms in total. The molecule has 1 aromatic heterocycles. The number of phenolic OH excluding ortho intramolecular Hbond substituents is 1. The van der Waals surface area contributed by atoms with Crippen molar-refractivity contribution in [3.63, 3.8) is 0 Å². The molecule has 34 heavy (non-hydrogen) atoms. The van der Waals surface area contributed by atoms with Crippen LogP contribution in [-0.4, -0.2) is 11.1 Å². The number of carbonyl (C=O) groups excluding carboxylic acids is 1. The molecule has 1 heterocycles. The number of halogens is 1. The van der Waals surface area contributed by atoms with E-state index in [4.69, 9.17) is 4.74 Å². The number of esters is 1. The van der Waals surface area contributed by atoms with Crippen LogP contribution in [0.1, 0.15) is 40.5 Å². The van der Waals surface area contributed by atoms with Crippen LogP contribution in [0.15, 0.2) is 103 Å². The van der Waals surface area contributed by atoms with E-state index in [9.17, 15) is 9.90 Å². The molecule has 0 aliphatic rings. The van der Waals surface area contributed by atoms with Crippen molar-refractivity contribution in [3.8, 4) is 11.5 Å². The number of phenols is 1. The molecule has 0 aliphatic heterocycles. The summed E-state index contributed by atoms with van der Waals surface area (Å²) in [5.74, 6) is 0.307. The standard InChI is InChI=1S/C29H25NO3.HI/c1-3-26(21-9-5-4-6-10-21)28(22-12-16-24(31)17-13-22)23-14-18-25(19-15-23)33-29(32)27-11-7-8-20-30(27)2;/h4-20H,3H2,1-2H3;1H/b28-26+;. The van der Waals surface area contributed by atoms with Gasteiger partial charge in [0.25, 0.3) is 5.69 Å². The van der Waals surface area contributed by atoms with Gasteiger partial charge in [0, 0.05) is 12.1 Å². The van der Waals surface area contributed by atoms with Gasteiger partial charge in [0.1, 0.15) is 18.5 Å². The van der Waals surface area contributed by atoms with E-state index in [1.807, 2.05) is 80.0 Å². The minimum Gasteiger partial charge on any atom is -1.00 e. The van der Waals surface area contributed by atoms with E-state index in [0.717, 1.165) is 28.7 Å². The first kappa shape index (κ1) is 25.2. The number of aryl methyl sites for hydroxylation is 1. The molecule has 1 N–H and O–H groups in total. The van der Waals surface area contributed by atoms with E-state index in [1.165, 1.54) is 5.57 Å². The molecule has 0 atom stereocenters. The quantitative estimate of drug-likeness (QED) is 0.129.